The summed E-state index contributed by atoms with van der Waals surface area (Å²) in [6.45, 7) is 8.42. The second-order valence-corrected chi connectivity index (χ2v) is 7.50. The summed E-state index contributed by atoms with van der Waals surface area (Å²) in [6.07, 6.45) is 5.72. The number of aryl methyl sites for hydroxylation is 2. The van der Waals surface area contributed by atoms with E-state index in [1.807, 2.05) is 6.07 Å². The molecule has 1 unspecified atom stereocenters. The van der Waals surface area contributed by atoms with Gasteiger partial charge in [0, 0.05) is 5.69 Å². The zero-order valence-electron chi connectivity index (χ0n) is 15.7. The predicted octanol–water partition coefficient (Wildman–Crippen LogP) is 3.24. The van der Waals surface area contributed by atoms with Crippen LogP contribution in [-0.4, -0.2) is 47.5 Å². The molecule has 1 fully saturated rings. The number of carbonyl (C=O) groups is 1. The number of amides is 1. The minimum atomic E-state index is -4.67. The molecule has 0 bridgehead atoms. The molecule has 0 aliphatic carbocycles. The van der Waals surface area contributed by atoms with E-state index in [4.69, 9.17) is 17.5 Å². The number of likely N-dealkylation sites (tertiary alicyclic amines) is 1. The molecule has 1 amide bonds. The predicted molar refractivity (Wildman–Crippen MR) is 103 cm³/mol. The fraction of sp³-hybridized carbons (Fsp3) is 0.611. The number of nitrogens with one attached hydrogen (secondary N) is 1. The van der Waals surface area contributed by atoms with Gasteiger partial charge >= 0.3 is 10.4 Å². The molecule has 26 heavy (non-hydrogen) atoms. The highest BCUT2D eigenvalue weighted by atomic mass is 32.3. The van der Waals surface area contributed by atoms with Crippen LogP contribution in [-0.2, 0) is 15.2 Å². The van der Waals surface area contributed by atoms with Gasteiger partial charge in [0.05, 0.1) is 6.04 Å². The standard InChI is InChI=1S/C18H28N2O.H2O4S/c1-4-5-12-20-13-7-6-11-16(20)18(21)19-17-14(2)9-8-10-15(17)3;1-5(2,3)4/h8-10,16H,4-7,11-13H2,1-3H3,(H,19,21);(H2,1,2,3,4). The van der Waals surface area contributed by atoms with Crippen molar-refractivity contribution < 1.29 is 22.3 Å². The quantitative estimate of drug-likeness (QED) is 0.671. The fourth-order valence-corrected chi connectivity index (χ4v) is 3.13. The average Bonchev–Trinajstić information content (AvgIpc) is 2.55. The lowest BCUT2D eigenvalue weighted by atomic mass is 10.00. The first kappa shape index (κ1) is 22.6. The van der Waals surface area contributed by atoms with E-state index in [-0.39, 0.29) is 11.9 Å². The molecule has 1 heterocycles. The Labute approximate surface area is 156 Å². The lowest BCUT2D eigenvalue weighted by molar-refractivity contribution is -0.122. The van der Waals surface area contributed by atoms with Crippen molar-refractivity contribution in [2.24, 2.45) is 0 Å². The zero-order chi connectivity index (χ0) is 19.7. The summed E-state index contributed by atoms with van der Waals surface area (Å²) in [7, 11) is -4.67. The van der Waals surface area contributed by atoms with E-state index in [0.29, 0.717) is 0 Å². The summed E-state index contributed by atoms with van der Waals surface area (Å²) in [5.41, 5.74) is 3.27. The van der Waals surface area contributed by atoms with Gasteiger partial charge in [0.25, 0.3) is 0 Å². The third-order valence-corrected chi connectivity index (χ3v) is 4.44. The maximum absolute atomic E-state index is 12.7. The van der Waals surface area contributed by atoms with E-state index >= 15 is 0 Å². The smallest absolute Gasteiger partial charge is 0.324 e. The highest BCUT2D eigenvalue weighted by Crippen LogP contribution is 2.23. The van der Waals surface area contributed by atoms with Gasteiger partial charge in [-0.25, -0.2) is 0 Å². The summed E-state index contributed by atoms with van der Waals surface area (Å²) in [6, 6.07) is 6.19. The Kier molecular flexibility index (Phi) is 9.21. The molecule has 1 saturated heterocycles. The molecule has 1 aliphatic rings. The Bertz CT molecular complexity index is 663. The summed E-state index contributed by atoms with van der Waals surface area (Å²) in [5.74, 6) is 0.170. The van der Waals surface area contributed by atoms with Gasteiger partial charge in [-0.2, -0.15) is 8.42 Å². The van der Waals surface area contributed by atoms with Gasteiger partial charge in [0.15, 0.2) is 0 Å². The highest BCUT2D eigenvalue weighted by Gasteiger charge is 2.28. The molecule has 0 aromatic heterocycles. The van der Waals surface area contributed by atoms with Crippen molar-refractivity contribution in [3.63, 3.8) is 0 Å². The molecule has 7 nitrogen and oxygen atoms in total. The molecule has 3 N–H and O–H groups in total. The van der Waals surface area contributed by atoms with Crippen molar-refractivity contribution in [3.05, 3.63) is 29.3 Å². The third-order valence-electron chi connectivity index (χ3n) is 4.44. The minimum absolute atomic E-state index is 0.0457. The van der Waals surface area contributed by atoms with E-state index in [1.165, 1.54) is 19.3 Å². The SMILES string of the molecule is CCCCN1CCCCC1C(=O)Nc1c(C)cccc1C.O=S(=O)(O)O. The van der Waals surface area contributed by atoms with E-state index < -0.39 is 10.4 Å². The molecule has 1 atom stereocenters. The minimum Gasteiger partial charge on any atom is -0.324 e. The number of hydrogen-bond donors (Lipinski definition) is 3. The maximum Gasteiger partial charge on any atom is 0.394 e. The van der Waals surface area contributed by atoms with E-state index in [0.717, 1.165) is 42.7 Å². The number of piperidine rings is 1. The van der Waals surface area contributed by atoms with Crippen molar-refractivity contribution in [3.8, 4) is 0 Å². The Hall–Kier alpha value is -1.48. The number of para-hydroxylation sites is 1. The van der Waals surface area contributed by atoms with Gasteiger partial charge in [-0.05, 0) is 57.3 Å². The van der Waals surface area contributed by atoms with Crippen molar-refractivity contribution in [1.82, 2.24) is 4.90 Å². The number of carbonyl (C=O) groups excluding carboxylic acids is 1. The van der Waals surface area contributed by atoms with E-state index in [1.54, 1.807) is 0 Å². The van der Waals surface area contributed by atoms with Crippen LogP contribution >= 0.6 is 0 Å². The van der Waals surface area contributed by atoms with E-state index in [9.17, 15) is 4.79 Å². The number of rotatable bonds is 5. The van der Waals surface area contributed by atoms with Crippen molar-refractivity contribution in [2.45, 2.75) is 58.9 Å². The Morgan fingerprint density at radius 1 is 1.23 bits per heavy atom. The summed E-state index contributed by atoms with van der Waals surface area (Å²) < 4.78 is 31.6. The highest BCUT2D eigenvalue weighted by molar-refractivity contribution is 7.79. The molecule has 1 aliphatic heterocycles. The summed E-state index contributed by atoms with van der Waals surface area (Å²) in [4.78, 5) is 15.1. The molecule has 148 valence electrons. The summed E-state index contributed by atoms with van der Waals surface area (Å²) >= 11 is 0. The first-order valence-corrected chi connectivity index (χ1v) is 10.3. The molecule has 1 aromatic carbocycles. The molecule has 0 spiro atoms. The Morgan fingerprint density at radius 2 is 1.81 bits per heavy atom. The van der Waals surface area contributed by atoms with Gasteiger partial charge in [-0.1, -0.05) is 38.0 Å². The zero-order valence-corrected chi connectivity index (χ0v) is 16.6. The lowest BCUT2D eigenvalue weighted by Crippen LogP contribution is -2.47. The van der Waals surface area contributed by atoms with Crippen LogP contribution in [0.25, 0.3) is 0 Å². The number of hydrogen-bond acceptors (Lipinski definition) is 4. The van der Waals surface area contributed by atoms with Gasteiger partial charge < -0.3 is 5.32 Å². The first-order chi connectivity index (χ1) is 12.1. The number of benzene rings is 1. The molecular formula is C18H30N2O5S. The van der Waals surface area contributed by atoms with Crippen LogP contribution in [0.5, 0.6) is 0 Å². The fourth-order valence-electron chi connectivity index (χ4n) is 3.13. The van der Waals surface area contributed by atoms with Gasteiger partial charge in [0.1, 0.15) is 0 Å². The molecule has 8 heteroatoms. The Morgan fingerprint density at radius 3 is 2.35 bits per heavy atom. The average molecular weight is 387 g/mol. The van der Waals surface area contributed by atoms with Crippen LogP contribution < -0.4 is 5.32 Å². The second kappa shape index (κ2) is 10.6. The normalized spacial score (nSPS) is 18.0. The van der Waals surface area contributed by atoms with Crippen LogP contribution in [0.15, 0.2) is 18.2 Å². The molecule has 2 rings (SSSR count). The second-order valence-electron chi connectivity index (χ2n) is 6.60. The van der Waals surface area contributed by atoms with E-state index in [2.05, 4.69) is 43.1 Å². The molecule has 1 aromatic rings. The number of unbranched alkanes of at least 4 members (excludes halogenated alkanes) is 1. The van der Waals surface area contributed by atoms with Crippen LogP contribution in [0.1, 0.15) is 50.2 Å². The van der Waals surface area contributed by atoms with Crippen LogP contribution in [0.4, 0.5) is 5.69 Å². The molecule has 0 radical (unpaired) electrons. The first-order valence-electron chi connectivity index (χ1n) is 8.94. The van der Waals surface area contributed by atoms with Crippen LogP contribution in [0.3, 0.4) is 0 Å². The maximum atomic E-state index is 12.7. The topological polar surface area (TPSA) is 107 Å². The van der Waals surface area contributed by atoms with Crippen molar-refractivity contribution >= 4 is 22.0 Å². The molecule has 0 saturated carbocycles. The third kappa shape index (κ3) is 8.27. The van der Waals surface area contributed by atoms with Gasteiger partial charge in [-0.3, -0.25) is 18.8 Å². The van der Waals surface area contributed by atoms with Gasteiger partial charge in [-0.15, -0.1) is 0 Å². The monoisotopic (exact) mass is 386 g/mol. The van der Waals surface area contributed by atoms with Gasteiger partial charge in [0.2, 0.25) is 5.91 Å². The van der Waals surface area contributed by atoms with Crippen LogP contribution in [0, 0.1) is 13.8 Å². The number of nitrogens with zero attached hydrogens (tertiary/aromatic N) is 1. The molecular weight excluding hydrogens is 356 g/mol. The largest absolute Gasteiger partial charge is 0.394 e. The Balaban J connectivity index is 0.000000597. The van der Waals surface area contributed by atoms with Crippen molar-refractivity contribution in [2.75, 3.05) is 18.4 Å². The van der Waals surface area contributed by atoms with Crippen molar-refractivity contribution in [1.29, 1.82) is 0 Å². The summed E-state index contributed by atoms with van der Waals surface area (Å²) in [5, 5.41) is 3.17. The lowest BCUT2D eigenvalue weighted by Gasteiger charge is -2.34. The number of anilines is 1. The van der Waals surface area contributed by atoms with Crippen LogP contribution in [0.2, 0.25) is 0 Å².